The molecule has 1 heterocycles. The number of primary sulfonamides is 1. The van der Waals surface area contributed by atoms with Crippen molar-refractivity contribution in [1.29, 1.82) is 0 Å². The van der Waals surface area contributed by atoms with Crippen molar-refractivity contribution >= 4 is 47.6 Å². The van der Waals surface area contributed by atoms with Crippen molar-refractivity contribution in [1.82, 2.24) is 4.98 Å². The molecule has 5 nitrogen and oxygen atoms in total. The van der Waals surface area contributed by atoms with E-state index in [2.05, 4.69) is 42.2 Å². The van der Waals surface area contributed by atoms with E-state index in [-0.39, 0.29) is 4.90 Å². The Morgan fingerprint density at radius 3 is 2.40 bits per heavy atom. The van der Waals surface area contributed by atoms with Gasteiger partial charge in [0.25, 0.3) is 0 Å². The zero-order chi connectivity index (χ0) is 14.8. The maximum absolute atomic E-state index is 11.1. The van der Waals surface area contributed by atoms with Crippen LogP contribution in [0, 0.1) is 0 Å². The number of nitrogens with two attached hydrogens (primary N) is 1. The molecule has 0 fully saturated rings. The number of benzene rings is 1. The molecule has 0 saturated carbocycles. The highest BCUT2D eigenvalue weighted by Gasteiger charge is 2.07. The van der Waals surface area contributed by atoms with Crippen LogP contribution in [0.2, 0.25) is 0 Å². The molecule has 3 N–H and O–H groups in total. The van der Waals surface area contributed by atoms with Crippen molar-refractivity contribution in [3.63, 3.8) is 0 Å². The zero-order valence-corrected chi connectivity index (χ0v) is 14.2. The summed E-state index contributed by atoms with van der Waals surface area (Å²) in [5.74, 6) is 0. The third-order valence-electron chi connectivity index (χ3n) is 2.53. The van der Waals surface area contributed by atoms with Crippen LogP contribution in [-0.4, -0.2) is 13.4 Å². The van der Waals surface area contributed by atoms with Crippen molar-refractivity contribution in [2.24, 2.45) is 5.14 Å². The largest absolute Gasteiger partial charge is 0.379 e. The van der Waals surface area contributed by atoms with E-state index in [1.807, 2.05) is 6.07 Å². The van der Waals surface area contributed by atoms with Crippen molar-refractivity contribution in [3.8, 4) is 0 Å². The summed E-state index contributed by atoms with van der Waals surface area (Å²) >= 11 is 6.77. The Labute approximate surface area is 133 Å². The molecule has 0 saturated heterocycles. The second-order valence-electron chi connectivity index (χ2n) is 4.00. The zero-order valence-electron chi connectivity index (χ0n) is 10.2. The van der Waals surface area contributed by atoms with Gasteiger partial charge < -0.3 is 5.32 Å². The first kappa shape index (κ1) is 15.4. The van der Waals surface area contributed by atoms with Gasteiger partial charge in [-0.05, 0) is 62.2 Å². The fourth-order valence-electron chi connectivity index (χ4n) is 1.52. The maximum atomic E-state index is 11.1. The molecular weight excluding hydrogens is 410 g/mol. The van der Waals surface area contributed by atoms with Gasteiger partial charge >= 0.3 is 0 Å². The van der Waals surface area contributed by atoms with E-state index in [1.54, 1.807) is 18.3 Å². The Hall–Kier alpha value is -0.960. The normalized spacial score (nSPS) is 11.3. The van der Waals surface area contributed by atoms with Crippen LogP contribution in [0.5, 0.6) is 0 Å². The maximum Gasteiger partial charge on any atom is 0.238 e. The monoisotopic (exact) mass is 419 g/mol. The summed E-state index contributed by atoms with van der Waals surface area (Å²) < 4.78 is 24.1. The lowest BCUT2D eigenvalue weighted by Crippen LogP contribution is -2.12. The van der Waals surface area contributed by atoms with Crippen molar-refractivity contribution < 1.29 is 8.42 Å². The summed E-state index contributed by atoms with van der Waals surface area (Å²) in [6.07, 6.45) is 1.71. The van der Waals surface area contributed by atoms with Crippen LogP contribution >= 0.6 is 31.9 Å². The van der Waals surface area contributed by atoms with Gasteiger partial charge in [0.15, 0.2) is 0 Å². The van der Waals surface area contributed by atoms with E-state index >= 15 is 0 Å². The summed E-state index contributed by atoms with van der Waals surface area (Å²) in [5.41, 5.74) is 1.64. The van der Waals surface area contributed by atoms with E-state index in [1.165, 1.54) is 12.1 Å². The van der Waals surface area contributed by atoms with Crippen LogP contribution in [0.1, 0.15) is 5.69 Å². The van der Waals surface area contributed by atoms with Gasteiger partial charge in [-0.25, -0.2) is 13.6 Å². The lowest BCUT2D eigenvalue weighted by molar-refractivity contribution is 0.598. The van der Waals surface area contributed by atoms with Gasteiger partial charge in [0.2, 0.25) is 10.0 Å². The molecule has 1 aromatic carbocycles. The SMILES string of the molecule is NS(=O)(=O)c1ccc(NCc2ncc(Br)cc2Br)cc1. The molecule has 106 valence electrons. The highest BCUT2D eigenvalue weighted by atomic mass is 79.9. The molecule has 0 aliphatic carbocycles. The lowest BCUT2D eigenvalue weighted by atomic mass is 10.3. The summed E-state index contributed by atoms with van der Waals surface area (Å²) in [6, 6.07) is 8.15. The molecule has 0 aliphatic rings. The molecule has 0 unspecified atom stereocenters. The fourth-order valence-corrected chi connectivity index (χ4v) is 3.16. The molecule has 0 radical (unpaired) electrons. The number of nitrogens with one attached hydrogen (secondary N) is 1. The second-order valence-corrected chi connectivity index (χ2v) is 7.34. The van der Waals surface area contributed by atoms with Gasteiger partial charge in [0.1, 0.15) is 0 Å². The van der Waals surface area contributed by atoms with Gasteiger partial charge in [0.05, 0.1) is 17.1 Å². The van der Waals surface area contributed by atoms with Crippen LogP contribution in [0.3, 0.4) is 0 Å². The minimum atomic E-state index is -3.65. The number of sulfonamides is 1. The molecule has 0 amide bonds. The van der Waals surface area contributed by atoms with Crippen LogP contribution in [0.4, 0.5) is 5.69 Å². The molecular formula is C12H11Br2N3O2S. The predicted octanol–water partition coefficient (Wildman–Crippen LogP) is 2.87. The van der Waals surface area contributed by atoms with Crippen LogP contribution in [0.15, 0.2) is 50.4 Å². The smallest absolute Gasteiger partial charge is 0.238 e. The number of nitrogens with zero attached hydrogens (tertiary/aromatic N) is 1. The van der Waals surface area contributed by atoms with Gasteiger partial charge in [-0.1, -0.05) is 0 Å². The molecule has 8 heteroatoms. The van der Waals surface area contributed by atoms with E-state index < -0.39 is 10.0 Å². The summed E-state index contributed by atoms with van der Waals surface area (Å²) in [5, 5.41) is 8.19. The number of aromatic nitrogens is 1. The van der Waals surface area contributed by atoms with Gasteiger partial charge in [0, 0.05) is 20.8 Å². The van der Waals surface area contributed by atoms with Crippen molar-refractivity contribution in [2.45, 2.75) is 11.4 Å². The standard InChI is InChI=1S/C12H11Br2N3O2S/c13-8-5-11(14)12(17-6-8)7-16-9-1-3-10(4-2-9)20(15,18)19/h1-6,16H,7H2,(H2,15,18,19). The second kappa shape index (κ2) is 6.21. The average molecular weight is 421 g/mol. The Balaban J connectivity index is 2.08. The van der Waals surface area contributed by atoms with E-state index in [0.29, 0.717) is 6.54 Å². The summed E-state index contributed by atoms with van der Waals surface area (Å²) in [4.78, 5) is 4.37. The molecule has 0 aliphatic heterocycles. The molecule has 0 bridgehead atoms. The molecule has 2 rings (SSSR count). The Kier molecular flexibility index (Phi) is 4.79. The van der Waals surface area contributed by atoms with E-state index in [4.69, 9.17) is 5.14 Å². The van der Waals surface area contributed by atoms with Crippen LogP contribution < -0.4 is 10.5 Å². The fraction of sp³-hybridized carbons (Fsp3) is 0.0833. The Bertz CT molecular complexity index is 718. The van der Waals surface area contributed by atoms with Gasteiger partial charge in [-0.3, -0.25) is 4.98 Å². The third kappa shape index (κ3) is 4.02. The minimum Gasteiger partial charge on any atom is -0.379 e. The topological polar surface area (TPSA) is 85.1 Å². The van der Waals surface area contributed by atoms with Gasteiger partial charge in [-0.15, -0.1) is 0 Å². The number of rotatable bonds is 4. The highest BCUT2D eigenvalue weighted by molar-refractivity contribution is 9.11. The quantitative estimate of drug-likeness (QED) is 0.796. The summed E-state index contributed by atoms with van der Waals surface area (Å²) in [6.45, 7) is 0.516. The van der Waals surface area contributed by atoms with E-state index in [0.717, 1.165) is 20.3 Å². The molecule has 1 aromatic heterocycles. The third-order valence-corrected chi connectivity index (χ3v) is 4.58. The number of halogens is 2. The Morgan fingerprint density at radius 1 is 1.20 bits per heavy atom. The first-order valence-electron chi connectivity index (χ1n) is 5.53. The first-order valence-corrected chi connectivity index (χ1v) is 8.66. The predicted molar refractivity (Wildman–Crippen MR) is 84.8 cm³/mol. The van der Waals surface area contributed by atoms with Gasteiger partial charge in [-0.2, -0.15) is 0 Å². The van der Waals surface area contributed by atoms with Crippen LogP contribution in [-0.2, 0) is 16.6 Å². The summed E-state index contributed by atoms with van der Waals surface area (Å²) in [7, 11) is -3.65. The first-order chi connectivity index (χ1) is 9.36. The molecule has 20 heavy (non-hydrogen) atoms. The van der Waals surface area contributed by atoms with Crippen LogP contribution in [0.25, 0.3) is 0 Å². The van der Waals surface area contributed by atoms with Crippen molar-refractivity contribution in [3.05, 3.63) is 51.2 Å². The number of pyridine rings is 1. The molecule has 0 atom stereocenters. The number of hydrogen-bond donors (Lipinski definition) is 2. The van der Waals surface area contributed by atoms with E-state index in [9.17, 15) is 8.42 Å². The molecule has 2 aromatic rings. The Morgan fingerprint density at radius 2 is 1.85 bits per heavy atom. The number of hydrogen-bond acceptors (Lipinski definition) is 4. The highest BCUT2D eigenvalue weighted by Crippen LogP contribution is 2.21. The molecule has 0 spiro atoms. The number of anilines is 1. The lowest BCUT2D eigenvalue weighted by Gasteiger charge is -2.08. The van der Waals surface area contributed by atoms with Crippen molar-refractivity contribution in [2.75, 3.05) is 5.32 Å². The average Bonchev–Trinajstić information content (AvgIpc) is 2.37. The minimum absolute atomic E-state index is 0.0889.